The third-order valence-corrected chi connectivity index (χ3v) is 5.29. The molecule has 2 amide bonds. The zero-order valence-electron chi connectivity index (χ0n) is 17.3. The van der Waals surface area contributed by atoms with Gasteiger partial charge in [-0.1, -0.05) is 25.3 Å². The Morgan fingerprint density at radius 2 is 1.87 bits per heavy atom. The Morgan fingerprint density at radius 1 is 1.10 bits per heavy atom. The molecule has 1 aliphatic carbocycles. The Hall–Kier alpha value is -3.15. The Morgan fingerprint density at radius 3 is 2.53 bits per heavy atom. The van der Waals surface area contributed by atoms with Crippen LogP contribution in [0.4, 0.5) is 10.1 Å². The third-order valence-electron chi connectivity index (χ3n) is 5.29. The van der Waals surface area contributed by atoms with E-state index in [1.165, 1.54) is 37.8 Å². The maximum Gasteiger partial charge on any atom is 0.251 e. The molecule has 2 aromatic rings. The molecule has 0 radical (unpaired) electrons. The highest BCUT2D eigenvalue weighted by molar-refractivity contribution is 6.03. The topological polar surface area (TPSA) is 67.4 Å². The minimum absolute atomic E-state index is 0.0793. The molecular formula is C24H27FN2O3. The largest absolute Gasteiger partial charge is 0.494 e. The normalized spacial score (nSPS) is 14.5. The summed E-state index contributed by atoms with van der Waals surface area (Å²) in [6, 6.07) is 9.93. The van der Waals surface area contributed by atoms with Gasteiger partial charge in [-0.3, -0.25) is 9.59 Å². The van der Waals surface area contributed by atoms with E-state index >= 15 is 0 Å². The molecule has 1 fully saturated rings. The Labute approximate surface area is 176 Å². The van der Waals surface area contributed by atoms with Crippen molar-refractivity contribution in [2.75, 3.05) is 12.4 Å². The second kappa shape index (κ2) is 10.1. The summed E-state index contributed by atoms with van der Waals surface area (Å²) in [6.07, 6.45) is 8.48. The van der Waals surface area contributed by atoms with Crippen molar-refractivity contribution in [2.45, 2.75) is 45.1 Å². The van der Waals surface area contributed by atoms with Gasteiger partial charge in [-0.25, -0.2) is 4.39 Å². The van der Waals surface area contributed by atoms with E-state index in [2.05, 4.69) is 10.6 Å². The summed E-state index contributed by atoms with van der Waals surface area (Å²) in [7, 11) is 1.40. The number of ether oxygens (including phenoxy) is 1. The van der Waals surface area contributed by atoms with Crippen LogP contribution in [0.15, 0.2) is 42.5 Å². The van der Waals surface area contributed by atoms with E-state index < -0.39 is 5.82 Å². The van der Waals surface area contributed by atoms with Gasteiger partial charge in [0, 0.05) is 23.4 Å². The smallest absolute Gasteiger partial charge is 0.251 e. The number of hydrogen-bond acceptors (Lipinski definition) is 3. The molecule has 0 spiro atoms. The molecule has 0 saturated heterocycles. The van der Waals surface area contributed by atoms with E-state index in [1.807, 2.05) is 6.92 Å². The lowest BCUT2D eigenvalue weighted by molar-refractivity contribution is -0.111. The molecule has 5 nitrogen and oxygen atoms in total. The highest BCUT2D eigenvalue weighted by Crippen LogP contribution is 2.21. The quantitative estimate of drug-likeness (QED) is 0.669. The molecule has 2 N–H and O–H groups in total. The van der Waals surface area contributed by atoms with Crippen LogP contribution in [-0.2, 0) is 4.79 Å². The van der Waals surface area contributed by atoms with Gasteiger partial charge < -0.3 is 15.4 Å². The van der Waals surface area contributed by atoms with Crippen LogP contribution >= 0.6 is 0 Å². The molecule has 0 atom stereocenters. The van der Waals surface area contributed by atoms with Crippen LogP contribution in [0, 0.1) is 12.7 Å². The summed E-state index contributed by atoms with van der Waals surface area (Å²) in [5.41, 5.74) is 2.55. The SMILES string of the molecule is COc1ccc(C=CC(=O)Nc2ccc(C(=O)NC3CCCCC3)cc2C)cc1F. The monoisotopic (exact) mass is 410 g/mol. The summed E-state index contributed by atoms with van der Waals surface area (Å²) in [6.45, 7) is 1.84. The number of carbonyl (C=O) groups is 2. The molecule has 0 aliphatic heterocycles. The van der Waals surface area contributed by atoms with E-state index in [0.717, 1.165) is 31.2 Å². The Bertz CT molecular complexity index is 949. The Kier molecular flexibility index (Phi) is 7.22. The van der Waals surface area contributed by atoms with Crippen LogP contribution in [-0.4, -0.2) is 25.0 Å². The number of hydrogen-bond donors (Lipinski definition) is 2. The van der Waals surface area contributed by atoms with E-state index in [4.69, 9.17) is 4.74 Å². The van der Waals surface area contributed by atoms with Gasteiger partial charge in [0.15, 0.2) is 11.6 Å². The van der Waals surface area contributed by atoms with Crippen molar-refractivity contribution >= 4 is 23.6 Å². The first-order valence-electron chi connectivity index (χ1n) is 10.2. The van der Waals surface area contributed by atoms with Gasteiger partial charge in [0.2, 0.25) is 5.91 Å². The van der Waals surface area contributed by atoms with Crippen LogP contribution in [0.5, 0.6) is 5.75 Å². The molecule has 1 saturated carbocycles. The van der Waals surface area contributed by atoms with Crippen molar-refractivity contribution in [3.63, 3.8) is 0 Å². The van der Waals surface area contributed by atoms with Crippen LogP contribution in [0.25, 0.3) is 6.08 Å². The zero-order valence-corrected chi connectivity index (χ0v) is 17.3. The average molecular weight is 410 g/mol. The van der Waals surface area contributed by atoms with Gasteiger partial charge in [-0.2, -0.15) is 0 Å². The first-order chi connectivity index (χ1) is 14.5. The van der Waals surface area contributed by atoms with Crippen molar-refractivity contribution in [3.05, 3.63) is 65.0 Å². The van der Waals surface area contributed by atoms with E-state index in [0.29, 0.717) is 16.8 Å². The maximum atomic E-state index is 13.7. The Balaban J connectivity index is 1.60. The molecule has 0 bridgehead atoms. The van der Waals surface area contributed by atoms with Crippen LogP contribution in [0.3, 0.4) is 0 Å². The minimum atomic E-state index is -0.488. The van der Waals surface area contributed by atoms with Crippen molar-refractivity contribution in [1.82, 2.24) is 5.32 Å². The standard InChI is InChI=1S/C24H27FN2O3/c1-16-14-18(24(29)26-19-6-4-3-5-7-19)10-11-21(16)27-23(28)13-9-17-8-12-22(30-2)20(25)15-17/h8-15,19H,3-7H2,1-2H3,(H,26,29)(H,27,28). The number of halogens is 1. The first-order valence-corrected chi connectivity index (χ1v) is 10.2. The molecule has 30 heavy (non-hydrogen) atoms. The number of anilines is 1. The third kappa shape index (κ3) is 5.69. The molecule has 2 aromatic carbocycles. The van der Waals surface area contributed by atoms with Crippen molar-refractivity contribution in [2.24, 2.45) is 0 Å². The van der Waals surface area contributed by atoms with Crippen LogP contribution in [0.2, 0.25) is 0 Å². The highest BCUT2D eigenvalue weighted by Gasteiger charge is 2.17. The fraction of sp³-hybridized carbons (Fsp3) is 0.333. The highest BCUT2D eigenvalue weighted by atomic mass is 19.1. The van der Waals surface area contributed by atoms with Crippen LogP contribution in [0.1, 0.15) is 53.6 Å². The summed E-state index contributed by atoms with van der Waals surface area (Å²) in [5, 5.41) is 5.89. The van der Waals surface area contributed by atoms with Crippen molar-refractivity contribution in [3.8, 4) is 5.75 Å². The molecule has 0 unspecified atom stereocenters. The summed E-state index contributed by atoms with van der Waals surface area (Å²) in [4.78, 5) is 24.7. The lowest BCUT2D eigenvalue weighted by atomic mass is 9.95. The predicted molar refractivity (Wildman–Crippen MR) is 116 cm³/mol. The fourth-order valence-electron chi connectivity index (χ4n) is 3.59. The number of aryl methyl sites for hydroxylation is 1. The van der Waals surface area contributed by atoms with E-state index in [-0.39, 0.29) is 23.6 Å². The number of benzene rings is 2. The molecule has 1 aliphatic rings. The van der Waals surface area contributed by atoms with Gasteiger partial charge in [-0.05, 0) is 67.3 Å². The molecule has 6 heteroatoms. The lowest BCUT2D eigenvalue weighted by Gasteiger charge is -2.23. The molecule has 0 aromatic heterocycles. The van der Waals surface area contributed by atoms with Crippen molar-refractivity contribution < 1.29 is 18.7 Å². The molecule has 3 rings (SSSR count). The van der Waals surface area contributed by atoms with E-state index in [9.17, 15) is 14.0 Å². The fourth-order valence-corrected chi connectivity index (χ4v) is 3.59. The average Bonchev–Trinajstić information content (AvgIpc) is 2.74. The first kappa shape index (κ1) is 21.6. The van der Waals surface area contributed by atoms with Crippen molar-refractivity contribution in [1.29, 1.82) is 0 Å². The number of carbonyl (C=O) groups excluding carboxylic acids is 2. The predicted octanol–water partition coefficient (Wildman–Crippen LogP) is 4.86. The van der Waals surface area contributed by atoms with E-state index in [1.54, 1.807) is 24.3 Å². The van der Waals surface area contributed by atoms with Crippen LogP contribution < -0.4 is 15.4 Å². The van der Waals surface area contributed by atoms with Gasteiger partial charge in [0.1, 0.15) is 0 Å². The number of rotatable bonds is 6. The lowest BCUT2D eigenvalue weighted by Crippen LogP contribution is -2.36. The number of methoxy groups -OCH3 is 1. The summed E-state index contributed by atoms with van der Waals surface area (Å²) in [5.74, 6) is -0.754. The second-order valence-electron chi connectivity index (χ2n) is 7.55. The summed E-state index contributed by atoms with van der Waals surface area (Å²) >= 11 is 0. The number of amides is 2. The minimum Gasteiger partial charge on any atom is -0.494 e. The second-order valence-corrected chi connectivity index (χ2v) is 7.55. The summed E-state index contributed by atoms with van der Waals surface area (Å²) < 4.78 is 18.6. The van der Waals surface area contributed by atoms with Gasteiger partial charge in [0.05, 0.1) is 7.11 Å². The zero-order chi connectivity index (χ0) is 21.5. The van der Waals surface area contributed by atoms with Gasteiger partial charge in [-0.15, -0.1) is 0 Å². The van der Waals surface area contributed by atoms with Gasteiger partial charge in [0.25, 0.3) is 5.91 Å². The molecule has 158 valence electrons. The van der Waals surface area contributed by atoms with Gasteiger partial charge >= 0.3 is 0 Å². The number of nitrogens with one attached hydrogen (secondary N) is 2. The maximum absolute atomic E-state index is 13.7. The molecular weight excluding hydrogens is 383 g/mol. The molecule has 0 heterocycles.